The zero-order chi connectivity index (χ0) is 16.5. The number of ether oxygens (including phenoxy) is 2. The molecule has 0 aliphatic carbocycles. The summed E-state index contributed by atoms with van der Waals surface area (Å²) in [4.78, 5) is 8.33. The van der Waals surface area contributed by atoms with Crippen molar-refractivity contribution in [1.82, 2.24) is 9.97 Å². The highest BCUT2D eigenvalue weighted by Crippen LogP contribution is 2.20. The van der Waals surface area contributed by atoms with Gasteiger partial charge in [-0.3, -0.25) is 0 Å². The van der Waals surface area contributed by atoms with Crippen molar-refractivity contribution in [1.29, 1.82) is 0 Å². The lowest BCUT2D eigenvalue weighted by Crippen LogP contribution is -2.14. The van der Waals surface area contributed by atoms with E-state index in [-0.39, 0.29) is 6.10 Å². The van der Waals surface area contributed by atoms with Crippen LogP contribution in [0.1, 0.15) is 27.2 Å². The number of aromatic nitrogens is 2. The van der Waals surface area contributed by atoms with E-state index in [1.54, 1.807) is 24.2 Å². The minimum Gasteiger partial charge on any atom is -0.493 e. The fraction of sp³-hybridized carbons (Fsp3) is 0.444. The number of thioether (sulfide) groups is 1. The van der Waals surface area contributed by atoms with Crippen LogP contribution in [-0.4, -0.2) is 28.4 Å². The molecule has 0 fully saturated rings. The molecule has 0 bridgehead atoms. The van der Waals surface area contributed by atoms with Gasteiger partial charge < -0.3 is 9.47 Å². The molecule has 1 aromatic heterocycles. The molecule has 5 heteroatoms. The Bertz CT molecular complexity index is 561. The van der Waals surface area contributed by atoms with Gasteiger partial charge in [0.2, 0.25) is 0 Å². The highest BCUT2D eigenvalue weighted by Gasteiger charge is 2.06. The van der Waals surface area contributed by atoms with Crippen LogP contribution in [0, 0.1) is 5.92 Å². The summed E-state index contributed by atoms with van der Waals surface area (Å²) in [5.41, 5.74) is 0. The van der Waals surface area contributed by atoms with E-state index in [9.17, 15) is 0 Å². The Labute approximate surface area is 142 Å². The van der Waals surface area contributed by atoms with Crippen molar-refractivity contribution in [2.45, 2.75) is 38.5 Å². The zero-order valence-corrected chi connectivity index (χ0v) is 14.8. The van der Waals surface area contributed by atoms with E-state index in [0.717, 1.165) is 28.8 Å². The van der Waals surface area contributed by atoms with Gasteiger partial charge in [-0.25, -0.2) is 9.97 Å². The van der Waals surface area contributed by atoms with Crippen LogP contribution >= 0.6 is 11.8 Å². The van der Waals surface area contributed by atoms with Crippen molar-refractivity contribution in [3.8, 4) is 11.5 Å². The molecule has 2 aromatic rings. The van der Waals surface area contributed by atoms with E-state index in [1.165, 1.54) is 0 Å². The minimum absolute atomic E-state index is 0.226. The summed E-state index contributed by atoms with van der Waals surface area (Å²) >= 11 is 1.58. The first-order valence-corrected chi connectivity index (χ1v) is 8.91. The topological polar surface area (TPSA) is 44.2 Å². The van der Waals surface area contributed by atoms with Crippen molar-refractivity contribution in [3.05, 3.63) is 42.7 Å². The molecule has 4 nitrogen and oxygen atoms in total. The SMILES string of the molecule is CC(C)CC(C)Oc1ccc(OCCSc2ncccn2)cc1. The van der Waals surface area contributed by atoms with E-state index >= 15 is 0 Å². The van der Waals surface area contributed by atoms with Crippen LogP contribution < -0.4 is 9.47 Å². The van der Waals surface area contributed by atoms with E-state index in [0.29, 0.717) is 12.5 Å². The Kier molecular flexibility index (Phi) is 7.20. The Morgan fingerprint density at radius 2 is 1.65 bits per heavy atom. The molecule has 23 heavy (non-hydrogen) atoms. The lowest BCUT2D eigenvalue weighted by Gasteiger charge is -2.16. The lowest BCUT2D eigenvalue weighted by molar-refractivity contribution is 0.193. The second-order valence-electron chi connectivity index (χ2n) is 5.76. The quantitative estimate of drug-likeness (QED) is 0.385. The Balaban J connectivity index is 1.70. The Hall–Kier alpha value is -1.75. The third-order valence-corrected chi connectivity index (χ3v) is 3.93. The van der Waals surface area contributed by atoms with E-state index in [4.69, 9.17) is 9.47 Å². The van der Waals surface area contributed by atoms with Gasteiger partial charge in [-0.1, -0.05) is 25.6 Å². The van der Waals surface area contributed by atoms with Crippen molar-refractivity contribution in [2.75, 3.05) is 12.4 Å². The molecule has 2 rings (SSSR count). The first kappa shape index (κ1) is 17.6. The van der Waals surface area contributed by atoms with Crippen LogP contribution in [0.15, 0.2) is 47.9 Å². The van der Waals surface area contributed by atoms with Gasteiger partial charge in [-0.2, -0.15) is 0 Å². The van der Waals surface area contributed by atoms with E-state index < -0.39 is 0 Å². The molecule has 1 aromatic carbocycles. The van der Waals surface area contributed by atoms with Crippen molar-refractivity contribution in [2.24, 2.45) is 5.92 Å². The number of hydrogen-bond acceptors (Lipinski definition) is 5. The van der Waals surface area contributed by atoms with Crippen molar-refractivity contribution >= 4 is 11.8 Å². The monoisotopic (exact) mass is 332 g/mol. The molecule has 0 saturated carbocycles. The van der Waals surface area contributed by atoms with Gasteiger partial charge in [0.1, 0.15) is 11.5 Å². The highest BCUT2D eigenvalue weighted by atomic mass is 32.2. The van der Waals surface area contributed by atoms with Gasteiger partial charge in [0.25, 0.3) is 0 Å². The number of nitrogens with zero attached hydrogens (tertiary/aromatic N) is 2. The molecule has 1 heterocycles. The number of rotatable bonds is 9. The molecule has 0 amide bonds. The Morgan fingerprint density at radius 1 is 1.00 bits per heavy atom. The summed E-state index contributed by atoms with van der Waals surface area (Å²) in [6.45, 7) is 7.13. The van der Waals surface area contributed by atoms with Crippen LogP contribution in [-0.2, 0) is 0 Å². The van der Waals surface area contributed by atoms with Crippen LogP contribution in [0.2, 0.25) is 0 Å². The average Bonchev–Trinajstić information content (AvgIpc) is 2.53. The molecule has 0 spiro atoms. The van der Waals surface area contributed by atoms with Crippen LogP contribution in [0.4, 0.5) is 0 Å². The van der Waals surface area contributed by atoms with Gasteiger partial charge in [0.05, 0.1) is 12.7 Å². The number of benzene rings is 1. The summed E-state index contributed by atoms with van der Waals surface area (Å²) < 4.78 is 11.6. The smallest absolute Gasteiger partial charge is 0.187 e. The zero-order valence-electron chi connectivity index (χ0n) is 13.9. The maximum absolute atomic E-state index is 5.89. The van der Waals surface area contributed by atoms with Gasteiger partial charge >= 0.3 is 0 Å². The summed E-state index contributed by atoms with van der Waals surface area (Å²) in [6.07, 6.45) is 4.77. The third kappa shape index (κ3) is 6.91. The number of hydrogen-bond donors (Lipinski definition) is 0. The predicted octanol–water partition coefficient (Wildman–Crippen LogP) is 4.46. The van der Waals surface area contributed by atoms with Crippen LogP contribution in [0.5, 0.6) is 11.5 Å². The second-order valence-corrected chi connectivity index (χ2v) is 6.82. The maximum atomic E-state index is 5.89. The van der Waals surface area contributed by atoms with Crippen LogP contribution in [0.3, 0.4) is 0 Å². The standard InChI is InChI=1S/C18H24N2O2S/c1-14(2)13-15(3)22-17-7-5-16(6-8-17)21-11-12-23-18-19-9-4-10-20-18/h4-10,14-15H,11-13H2,1-3H3. The minimum atomic E-state index is 0.226. The molecule has 1 atom stereocenters. The van der Waals surface area contributed by atoms with Gasteiger partial charge in [0, 0.05) is 18.1 Å². The second kappa shape index (κ2) is 9.40. The molecule has 0 aliphatic rings. The lowest BCUT2D eigenvalue weighted by atomic mass is 10.1. The first-order chi connectivity index (χ1) is 11.1. The van der Waals surface area contributed by atoms with Crippen molar-refractivity contribution in [3.63, 3.8) is 0 Å². The fourth-order valence-electron chi connectivity index (χ4n) is 2.21. The first-order valence-electron chi connectivity index (χ1n) is 7.93. The predicted molar refractivity (Wildman–Crippen MR) is 94.2 cm³/mol. The Morgan fingerprint density at radius 3 is 2.30 bits per heavy atom. The van der Waals surface area contributed by atoms with Crippen LogP contribution in [0.25, 0.3) is 0 Å². The van der Waals surface area contributed by atoms with Crippen molar-refractivity contribution < 1.29 is 9.47 Å². The molecule has 0 N–H and O–H groups in total. The van der Waals surface area contributed by atoms with E-state index in [2.05, 4.69) is 30.7 Å². The molecule has 1 unspecified atom stereocenters. The molecular formula is C18H24N2O2S. The molecular weight excluding hydrogens is 308 g/mol. The van der Waals surface area contributed by atoms with E-state index in [1.807, 2.05) is 30.3 Å². The van der Waals surface area contributed by atoms with Gasteiger partial charge in [-0.15, -0.1) is 0 Å². The molecule has 0 aliphatic heterocycles. The third-order valence-electron chi connectivity index (χ3n) is 3.09. The maximum Gasteiger partial charge on any atom is 0.187 e. The van der Waals surface area contributed by atoms with Gasteiger partial charge in [0.15, 0.2) is 5.16 Å². The van der Waals surface area contributed by atoms with Gasteiger partial charge in [-0.05, 0) is 49.6 Å². The summed E-state index contributed by atoms with van der Waals surface area (Å²) in [5.74, 6) is 3.19. The molecule has 124 valence electrons. The normalized spacial score (nSPS) is 12.2. The average molecular weight is 332 g/mol. The largest absolute Gasteiger partial charge is 0.493 e. The summed E-state index contributed by atoms with van der Waals surface area (Å²) in [7, 11) is 0. The highest BCUT2D eigenvalue weighted by molar-refractivity contribution is 7.99. The summed E-state index contributed by atoms with van der Waals surface area (Å²) in [6, 6.07) is 9.62. The molecule has 0 radical (unpaired) electrons. The molecule has 0 saturated heterocycles. The fourth-order valence-corrected chi connectivity index (χ4v) is 2.83. The summed E-state index contributed by atoms with van der Waals surface area (Å²) in [5, 5.41) is 0.777.